The Kier molecular flexibility index (Phi) is 3.71. The van der Waals surface area contributed by atoms with Crippen molar-refractivity contribution in [2.75, 3.05) is 0 Å². The van der Waals surface area contributed by atoms with Crippen molar-refractivity contribution in [3.63, 3.8) is 0 Å². The third-order valence-corrected chi connectivity index (χ3v) is 4.37. The average molecular weight is 399 g/mol. The lowest BCUT2D eigenvalue weighted by atomic mass is 10.00. The molecule has 0 amide bonds. The molecular weight excluding hydrogens is 388 g/mol. The molecule has 0 aliphatic carbocycles. The predicted octanol–water partition coefficient (Wildman–Crippen LogP) is 4.93. The van der Waals surface area contributed by atoms with E-state index in [1.807, 2.05) is 0 Å². The van der Waals surface area contributed by atoms with Crippen LogP contribution in [-0.4, -0.2) is 24.8 Å². The van der Waals surface area contributed by atoms with E-state index >= 15 is 0 Å². The van der Waals surface area contributed by atoms with Crippen molar-refractivity contribution in [1.82, 2.24) is 24.8 Å². The lowest BCUT2D eigenvalue weighted by Gasteiger charge is -2.16. The monoisotopic (exact) mass is 399 g/mol. The normalized spacial score (nSPS) is 13.0. The molecule has 0 saturated carbocycles. The van der Waals surface area contributed by atoms with E-state index in [1.165, 1.54) is 25.3 Å². The predicted molar refractivity (Wildman–Crippen MR) is 87.6 cm³/mol. The van der Waals surface area contributed by atoms with E-state index < -0.39 is 29.4 Å². The van der Waals surface area contributed by atoms with Crippen LogP contribution in [0.4, 0.5) is 26.3 Å². The standard InChI is InChI=1S/C17H11F6N5/c1-7-3-9(5-10-6-24-26-12(7)10)13-11(16(18,19)20)4-8(2)14-25-15(17(21,22)23)27-28(13)14/h3-6H,1-2H3,(H,24,26). The first-order valence-corrected chi connectivity index (χ1v) is 7.95. The maximum absolute atomic E-state index is 13.7. The number of benzene rings is 1. The minimum Gasteiger partial charge on any atom is -0.278 e. The van der Waals surface area contributed by atoms with Crippen LogP contribution in [0.25, 0.3) is 27.8 Å². The molecule has 0 saturated heterocycles. The molecule has 0 spiro atoms. The highest BCUT2D eigenvalue weighted by Crippen LogP contribution is 2.40. The van der Waals surface area contributed by atoms with E-state index in [4.69, 9.17) is 0 Å². The van der Waals surface area contributed by atoms with Gasteiger partial charge in [-0.05, 0) is 43.2 Å². The molecule has 28 heavy (non-hydrogen) atoms. The van der Waals surface area contributed by atoms with Crippen molar-refractivity contribution in [1.29, 1.82) is 0 Å². The number of alkyl halides is 6. The van der Waals surface area contributed by atoms with Crippen LogP contribution in [0, 0.1) is 13.8 Å². The van der Waals surface area contributed by atoms with E-state index in [0.717, 1.165) is 6.07 Å². The minimum absolute atomic E-state index is 0.0577. The number of hydrogen-bond acceptors (Lipinski definition) is 3. The summed E-state index contributed by atoms with van der Waals surface area (Å²) in [5, 5.41) is 10.4. The van der Waals surface area contributed by atoms with Gasteiger partial charge in [0.15, 0.2) is 5.65 Å². The van der Waals surface area contributed by atoms with Gasteiger partial charge in [-0.3, -0.25) is 5.10 Å². The van der Waals surface area contributed by atoms with Gasteiger partial charge < -0.3 is 0 Å². The molecule has 4 rings (SSSR count). The number of fused-ring (bicyclic) bond motifs is 2. The molecule has 0 bridgehead atoms. The van der Waals surface area contributed by atoms with Gasteiger partial charge in [-0.15, -0.1) is 5.10 Å². The average Bonchev–Trinajstić information content (AvgIpc) is 3.20. The summed E-state index contributed by atoms with van der Waals surface area (Å²) in [6.45, 7) is 2.92. The van der Waals surface area contributed by atoms with Gasteiger partial charge >= 0.3 is 12.4 Å². The molecule has 11 heteroatoms. The number of aromatic nitrogens is 5. The molecule has 0 unspecified atom stereocenters. The van der Waals surface area contributed by atoms with Crippen LogP contribution in [0.2, 0.25) is 0 Å². The van der Waals surface area contributed by atoms with Gasteiger partial charge in [0, 0.05) is 10.9 Å². The first-order valence-electron chi connectivity index (χ1n) is 7.95. The molecule has 0 aliphatic heterocycles. The van der Waals surface area contributed by atoms with Crippen molar-refractivity contribution < 1.29 is 26.3 Å². The molecule has 0 aliphatic rings. The van der Waals surface area contributed by atoms with Crippen molar-refractivity contribution in [3.8, 4) is 11.3 Å². The van der Waals surface area contributed by atoms with Crippen LogP contribution in [0.5, 0.6) is 0 Å². The summed E-state index contributed by atoms with van der Waals surface area (Å²) in [5.74, 6) is -1.50. The summed E-state index contributed by atoms with van der Waals surface area (Å²) >= 11 is 0. The summed E-state index contributed by atoms with van der Waals surface area (Å²) in [6.07, 6.45) is -8.27. The zero-order valence-electron chi connectivity index (χ0n) is 14.4. The fourth-order valence-corrected chi connectivity index (χ4v) is 3.17. The molecule has 5 nitrogen and oxygen atoms in total. The third-order valence-electron chi connectivity index (χ3n) is 4.37. The van der Waals surface area contributed by atoms with Crippen LogP contribution in [0.15, 0.2) is 24.4 Å². The quantitative estimate of drug-likeness (QED) is 0.462. The smallest absolute Gasteiger partial charge is 0.278 e. The fraction of sp³-hybridized carbons (Fsp3) is 0.235. The first kappa shape index (κ1) is 18.3. The number of hydrogen-bond donors (Lipinski definition) is 1. The number of aromatic amines is 1. The summed E-state index contributed by atoms with van der Waals surface area (Å²) in [6, 6.07) is 3.64. The Balaban J connectivity index is 2.14. The molecular formula is C17H11F6N5. The Morgan fingerprint density at radius 3 is 2.29 bits per heavy atom. The van der Waals surface area contributed by atoms with Crippen molar-refractivity contribution in [2.24, 2.45) is 0 Å². The molecule has 0 atom stereocenters. The van der Waals surface area contributed by atoms with E-state index in [2.05, 4.69) is 20.3 Å². The van der Waals surface area contributed by atoms with Crippen molar-refractivity contribution in [3.05, 3.63) is 46.9 Å². The van der Waals surface area contributed by atoms with Crippen LogP contribution in [0.1, 0.15) is 22.5 Å². The molecule has 0 fully saturated rings. The Labute approximate surface area is 153 Å². The van der Waals surface area contributed by atoms with Gasteiger partial charge in [-0.1, -0.05) is 0 Å². The van der Waals surface area contributed by atoms with Crippen LogP contribution >= 0.6 is 0 Å². The van der Waals surface area contributed by atoms with Crippen LogP contribution in [-0.2, 0) is 12.4 Å². The molecule has 146 valence electrons. The maximum Gasteiger partial charge on any atom is 0.453 e. The lowest BCUT2D eigenvalue weighted by molar-refractivity contribution is -0.144. The van der Waals surface area contributed by atoms with Gasteiger partial charge in [0.2, 0.25) is 0 Å². The van der Waals surface area contributed by atoms with Crippen molar-refractivity contribution in [2.45, 2.75) is 26.2 Å². The largest absolute Gasteiger partial charge is 0.453 e. The lowest BCUT2D eigenvalue weighted by Crippen LogP contribution is -2.13. The first-order chi connectivity index (χ1) is 13.0. The second-order valence-corrected chi connectivity index (χ2v) is 6.38. The summed E-state index contributed by atoms with van der Waals surface area (Å²) in [4.78, 5) is 3.41. The second kappa shape index (κ2) is 5.69. The molecule has 3 heterocycles. The van der Waals surface area contributed by atoms with Gasteiger partial charge in [-0.25, -0.2) is 9.50 Å². The fourth-order valence-electron chi connectivity index (χ4n) is 3.17. The Morgan fingerprint density at radius 1 is 0.929 bits per heavy atom. The SMILES string of the molecule is Cc1cc(-c2c(C(F)(F)F)cc(C)c3nc(C(F)(F)F)nn23)cc2cn[nH]c12. The molecule has 0 radical (unpaired) electrons. The van der Waals surface area contributed by atoms with Gasteiger partial charge in [0.05, 0.1) is 23.0 Å². The summed E-state index contributed by atoms with van der Waals surface area (Å²) in [5.41, 5.74) is -0.707. The number of halogens is 6. The van der Waals surface area contributed by atoms with Gasteiger partial charge in [0.1, 0.15) is 0 Å². The number of aryl methyl sites for hydroxylation is 2. The number of pyridine rings is 1. The molecule has 3 aromatic heterocycles. The summed E-state index contributed by atoms with van der Waals surface area (Å²) < 4.78 is 81.1. The highest BCUT2D eigenvalue weighted by Gasteiger charge is 2.40. The number of nitrogens with one attached hydrogen (secondary N) is 1. The maximum atomic E-state index is 13.7. The molecule has 1 aromatic carbocycles. The molecule has 1 N–H and O–H groups in total. The van der Waals surface area contributed by atoms with Gasteiger partial charge in [-0.2, -0.15) is 31.4 Å². The number of nitrogens with zero attached hydrogens (tertiary/aromatic N) is 4. The van der Waals surface area contributed by atoms with Crippen LogP contribution in [0.3, 0.4) is 0 Å². The number of H-pyrrole nitrogens is 1. The highest BCUT2D eigenvalue weighted by atomic mass is 19.4. The zero-order valence-corrected chi connectivity index (χ0v) is 14.4. The Hall–Kier alpha value is -3.11. The Morgan fingerprint density at radius 2 is 1.64 bits per heavy atom. The minimum atomic E-state index is -4.89. The highest BCUT2D eigenvalue weighted by molar-refractivity contribution is 5.87. The van der Waals surface area contributed by atoms with E-state index in [9.17, 15) is 26.3 Å². The van der Waals surface area contributed by atoms with E-state index in [1.54, 1.807) is 6.92 Å². The van der Waals surface area contributed by atoms with E-state index in [0.29, 0.717) is 21.0 Å². The zero-order chi connectivity index (χ0) is 20.4. The second-order valence-electron chi connectivity index (χ2n) is 6.38. The Bertz CT molecular complexity index is 1210. The third kappa shape index (κ3) is 2.77. The topological polar surface area (TPSA) is 58.9 Å². The van der Waals surface area contributed by atoms with Crippen molar-refractivity contribution >= 4 is 16.6 Å². The van der Waals surface area contributed by atoms with Crippen LogP contribution < -0.4 is 0 Å². The molecule has 4 aromatic rings. The number of rotatable bonds is 1. The van der Waals surface area contributed by atoms with Gasteiger partial charge in [0.25, 0.3) is 5.82 Å². The summed E-state index contributed by atoms with van der Waals surface area (Å²) in [7, 11) is 0. The van der Waals surface area contributed by atoms with E-state index in [-0.39, 0.29) is 16.8 Å².